The maximum Gasteiger partial charge on any atom is 0.264 e. The molecule has 1 aromatic carbocycles. The minimum Gasteiger partial charge on any atom is -0.383 e. The van der Waals surface area contributed by atoms with Crippen molar-refractivity contribution < 1.29 is 13.2 Å². The van der Waals surface area contributed by atoms with Gasteiger partial charge in [-0.15, -0.1) is 0 Å². The van der Waals surface area contributed by atoms with E-state index >= 15 is 0 Å². The molecule has 0 spiro atoms. The van der Waals surface area contributed by atoms with E-state index in [-0.39, 0.29) is 28.6 Å². The Balaban J connectivity index is 2.58. The van der Waals surface area contributed by atoms with E-state index in [1.807, 2.05) is 4.72 Å². The molecule has 1 heterocycles. The largest absolute Gasteiger partial charge is 0.383 e. The lowest BCUT2D eigenvalue weighted by atomic mass is 10.1. The van der Waals surface area contributed by atoms with Crippen LogP contribution in [-0.4, -0.2) is 24.3 Å². The number of rotatable bonds is 4. The van der Waals surface area contributed by atoms with E-state index in [9.17, 15) is 13.2 Å². The van der Waals surface area contributed by atoms with Gasteiger partial charge in [0.05, 0.1) is 4.90 Å². The fraction of sp³-hybridized carbons (Fsp3) is 0.154. The molecule has 0 aliphatic carbocycles. The smallest absolute Gasteiger partial charge is 0.264 e. The number of anilines is 2. The minimum atomic E-state index is -4.02. The molecule has 0 bridgehead atoms. The van der Waals surface area contributed by atoms with Gasteiger partial charge >= 0.3 is 0 Å². The number of nitrogen functional groups attached to an aromatic ring is 2. The summed E-state index contributed by atoms with van der Waals surface area (Å²) >= 11 is 0. The van der Waals surface area contributed by atoms with Gasteiger partial charge in [0.2, 0.25) is 11.9 Å². The Morgan fingerprint density at radius 1 is 1.23 bits per heavy atom. The third-order valence-electron chi connectivity index (χ3n) is 2.87. The van der Waals surface area contributed by atoms with Gasteiger partial charge in [-0.05, 0) is 6.07 Å². The first-order valence-electron chi connectivity index (χ1n) is 6.38. The maximum absolute atomic E-state index is 12.3. The van der Waals surface area contributed by atoms with Crippen LogP contribution in [0.25, 0.3) is 11.1 Å². The highest BCUT2D eigenvalue weighted by Crippen LogP contribution is 2.30. The Morgan fingerprint density at radius 2 is 1.91 bits per heavy atom. The molecule has 0 fully saturated rings. The van der Waals surface area contributed by atoms with Crippen molar-refractivity contribution >= 4 is 27.7 Å². The molecule has 9 heteroatoms. The Morgan fingerprint density at radius 3 is 2.55 bits per heavy atom. The van der Waals surface area contributed by atoms with Gasteiger partial charge in [-0.1, -0.05) is 25.1 Å². The van der Waals surface area contributed by atoms with Crippen LogP contribution in [0.1, 0.15) is 13.3 Å². The van der Waals surface area contributed by atoms with Crippen molar-refractivity contribution in [2.45, 2.75) is 18.2 Å². The summed E-state index contributed by atoms with van der Waals surface area (Å²) in [6, 6.07) is 6.11. The monoisotopic (exact) mass is 321 g/mol. The van der Waals surface area contributed by atoms with Gasteiger partial charge in [0.25, 0.3) is 10.0 Å². The number of hydrogen-bond donors (Lipinski definition) is 3. The van der Waals surface area contributed by atoms with Crippen molar-refractivity contribution in [3.8, 4) is 11.1 Å². The van der Waals surface area contributed by atoms with E-state index in [2.05, 4.69) is 9.97 Å². The van der Waals surface area contributed by atoms with Gasteiger partial charge in [0, 0.05) is 23.7 Å². The molecule has 0 unspecified atom stereocenters. The van der Waals surface area contributed by atoms with E-state index in [4.69, 9.17) is 11.5 Å². The Hall–Kier alpha value is -2.68. The summed E-state index contributed by atoms with van der Waals surface area (Å²) in [5, 5.41) is 0. The van der Waals surface area contributed by atoms with Crippen molar-refractivity contribution in [1.82, 2.24) is 14.7 Å². The molecule has 116 valence electrons. The number of sulfonamides is 1. The Bertz CT molecular complexity index is 820. The number of amides is 1. The van der Waals surface area contributed by atoms with Crippen LogP contribution in [-0.2, 0) is 14.8 Å². The highest BCUT2D eigenvalue weighted by Gasteiger charge is 2.22. The second-order valence-electron chi connectivity index (χ2n) is 4.41. The molecule has 2 rings (SSSR count). The fourth-order valence-electron chi connectivity index (χ4n) is 1.82. The van der Waals surface area contributed by atoms with E-state index in [0.29, 0.717) is 5.56 Å². The summed E-state index contributed by atoms with van der Waals surface area (Å²) < 4.78 is 26.7. The molecule has 0 saturated carbocycles. The van der Waals surface area contributed by atoms with Crippen LogP contribution in [0.4, 0.5) is 11.8 Å². The number of benzene rings is 1. The molecule has 1 aromatic heterocycles. The third-order valence-corrected chi connectivity index (χ3v) is 4.30. The van der Waals surface area contributed by atoms with Crippen LogP contribution in [0.2, 0.25) is 0 Å². The van der Waals surface area contributed by atoms with E-state index in [0.717, 1.165) is 0 Å². The van der Waals surface area contributed by atoms with Gasteiger partial charge < -0.3 is 11.5 Å². The van der Waals surface area contributed by atoms with Crippen LogP contribution in [0.15, 0.2) is 35.4 Å². The van der Waals surface area contributed by atoms with Crippen LogP contribution < -0.4 is 16.2 Å². The normalized spacial score (nSPS) is 11.1. The Kier molecular flexibility index (Phi) is 4.27. The lowest BCUT2D eigenvalue weighted by Crippen LogP contribution is -2.30. The molecule has 22 heavy (non-hydrogen) atoms. The van der Waals surface area contributed by atoms with E-state index in [1.165, 1.54) is 12.3 Å². The average molecular weight is 321 g/mol. The fourth-order valence-corrected chi connectivity index (χ4v) is 3.10. The first-order valence-corrected chi connectivity index (χ1v) is 7.86. The van der Waals surface area contributed by atoms with Gasteiger partial charge in [-0.2, -0.15) is 4.98 Å². The van der Waals surface area contributed by atoms with Crippen molar-refractivity contribution in [3.05, 3.63) is 30.5 Å². The summed E-state index contributed by atoms with van der Waals surface area (Å²) in [4.78, 5) is 19.0. The lowest BCUT2D eigenvalue weighted by molar-refractivity contribution is -0.119. The minimum absolute atomic E-state index is 0.0131. The van der Waals surface area contributed by atoms with E-state index in [1.54, 1.807) is 25.1 Å². The SMILES string of the molecule is CCC(=O)NS(=O)(=O)c1ccccc1-c1cnc(N)nc1N. The first kappa shape index (κ1) is 15.7. The van der Waals surface area contributed by atoms with Gasteiger partial charge in [0.15, 0.2) is 0 Å². The molecule has 8 nitrogen and oxygen atoms in total. The molecule has 0 saturated heterocycles. The molecular weight excluding hydrogens is 306 g/mol. The van der Waals surface area contributed by atoms with Crippen LogP contribution in [0, 0.1) is 0 Å². The zero-order chi connectivity index (χ0) is 16.3. The van der Waals surface area contributed by atoms with Gasteiger partial charge in [-0.3, -0.25) is 4.79 Å². The van der Waals surface area contributed by atoms with Crippen molar-refractivity contribution in [2.75, 3.05) is 11.5 Å². The highest BCUT2D eigenvalue weighted by molar-refractivity contribution is 7.90. The molecule has 0 aliphatic rings. The van der Waals surface area contributed by atoms with E-state index < -0.39 is 15.9 Å². The molecule has 2 aromatic rings. The standard InChI is InChI=1S/C13H15N5O3S/c1-2-11(19)18-22(20,21)10-6-4-3-5-8(10)9-7-16-13(15)17-12(9)14/h3-7H,2H2,1H3,(H,18,19)(H4,14,15,16,17). The first-order chi connectivity index (χ1) is 10.3. The molecular formula is C13H15N5O3S. The molecule has 0 radical (unpaired) electrons. The second-order valence-corrected chi connectivity index (χ2v) is 6.06. The number of carbonyl (C=O) groups is 1. The molecule has 0 aliphatic heterocycles. The summed E-state index contributed by atoms with van der Waals surface area (Å²) in [6.07, 6.45) is 1.39. The van der Waals surface area contributed by atoms with Crippen LogP contribution in [0.5, 0.6) is 0 Å². The summed E-state index contributed by atoms with van der Waals surface area (Å²) in [6.45, 7) is 1.56. The van der Waals surface area contributed by atoms with Gasteiger partial charge in [0.1, 0.15) is 5.82 Å². The molecule has 1 amide bonds. The zero-order valence-electron chi connectivity index (χ0n) is 11.8. The third kappa shape index (κ3) is 3.14. The summed E-state index contributed by atoms with van der Waals surface area (Å²) in [5.74, 6) is -0.561. The number of hydrogen-bond acceptors (Lipinski definition) is 7. The summed E-state index contributed by atoms with van der Waals surface area (Å²) in [7, 11) is -4.02. The Labute approximate surface area is 127 Å². The van der Waals surface area contributed by atoms with Crippen LogP contribution in [0.3, 0.4) is 0 Å². The number of nitrogens with two attached hydrogens (primary N) is 2. The van der Waals surface area contributed by atoms with Crippen molar-refractivity contribution in [3.63, 3.8) is 0 Å². The highest BCUT2D eigenvalue weighted by atomic mass is 32.2. The zero-order valence-corrected chi connectivity index (χ0v) is 12.6. The number of carbonyl (C=O) groups excluding carboxylic acids is 1. The second kappa shape index (κ2) is 5.98. The van der Waals surface area contributed by atoms with Crippen molar-refractivity contribution in [2.24, 2.45) is 0 Å². The van der Waals surface area contributed by atoms with Gasteiger partial charge in [-0.25, -0.2) is 18.1 Å². The maximum atomic E-state index is 12.3. The number of nitrogens with one attached hydrogen (secondary N) is 1. The average Bonchev–Trinajstić information content (AvgIpc) is 2.47. The molecule has 5 N–H and O–H groups in total. The quantitative estimate of drug-likeness (QED) is 0.745. The predicted octanol–water partition coefficient (Wildman–Crippen LogP) is 0.523. The molecule has 0 atom stereocenters. The number of nitrogens with zero attached hydrogens (tertiary/aromatic N) is 2. The number of aromatic nitrogens is 2. The topological polar surface area (TPSA) is 141 Å². The van der Waals surface area contributed by atoms with Crippen LogP contribution >= 0.6 is 0 Å². The van der Waals surface area contributed by atoms with Crippen molar-refractivity contribution in [1.29, 1.82) is 0 Å². The lowest BCUT2D eigenvalue weighted by Gasteiger charge is -2.12. The predicted molar refractivity (Wildman–Crippen MR) is 81.9 cm³/mol. The summed E-state index contributed by atoms with van der Waals surface area (Å²) in [5.41, 5.74) is 11.8.